The van der Waals surface area contributed by atoms with E-state index < -0.39 is 29.7 Å². The first kappa shape index (κ1) is 23.2. The van der Waals surface area contributed by atoms with Crippen LogP contribution in [0.1, 0.15) is 35.6 Å². The van der Waals surface area contributed by atoms with E-state index in [0.29, 0.717) is 48.6 Å². The van der Waals surface area contributed by atoms with Crippen molar-refractivity contribution in [1.29, 1.82) is 0 Å². The topological polar surface area (TPSA) is 59.0 Å². The van der Waals surface area contributed by atoms with E-state index in [4.69, 9.17) is 21.1 Å². The van der Waals surface area contributed by atoms with Crippen LogP contribution in [0, 0.1) is 5.92 Å². The van der Waals surface area contributed by atoms with E-state index in [-0.39, 0.29) is 5.02 Å². The third-order valence-electron chi connectivity index (χ3n) is 5.58. The van der Waals surface area contributed by atoms with E-state index in [1.807, 2.05) is 4.90 Å². The maximum absolute atomic E-state index is 13.5. The summed E-state index contributed by atoms with van der Waals surface area (Å²) in [6, 6.07) is 8.48. The zero-order valence-corrected chi connectivity index (χ0v) is 17.8. The van der Waals surface area contributed by atoms with Crippen LogP contribution >= 0.6 is 11.6 Å². The number of carboxylic acid groups (broad SMARTS) is 1. The van der Waals surface area contributed by atoms with Crippen LogP contribution in [0.4, 0.5) is 13.2 Å². The molecular formula is C22H23ClF3NO4. The fourth-order valence-corrected chi connectivity index (χ4v) is 4.27. The number of hydrogen-bond acceptors (Lipinski definition) is 4. The molecule has 2 aromatic rings. The molecule has 31 heavy (non-hydrogen) atoms. The summed E-state index contributed by atoms with van der Waals surface area (Å²) < 4.78 is 51.5. The Morgan fingerprint density at radius 1 is 1.16 bits per heavy atom. The Hall–Kier alpha value is -2.45. The van der Waals surface area contributed by atoms with Gasteiger partial charge in [-0.1, -0.05) is 29.8 Å². The van der Waals surface area contributed by atoms with Crippen LogP contribution in [0.2, 0.25) is 5.02 Å². The van der Waals surface area contributed by atoms with Crippen LogP contribution in [-0.4, -0.2) is 43.3 Å². The number of carbonyl (C=O) groups is 1. The maximum Gasteiger partial charge on any atom is 0.417 e. The highest BCUT2D eigenvalue weighted by Crippen LogP contribution is 2.43. The van der Waals surface area contributed by atoms with Crippen molar-refractivity contribution in [2.75, 3.05) is 27.3 Å². The third-order valence-corrected chi connectivity index (χ3v) is 5.91. The van der Waals surface area contributed by atoms with Crippen LogP contribution in [-0.2, 0) is 11.0 Å². The van der Waals surface area contributed by atoms with E-state index >= 15 is 0 Å². The average Bonchev–Trinajstić information content (AvgIpc) is 2.74. The minimum atomic E-state index is -4.60. The molecule has 0 aliphatic carbocycles. The van der Waals surface area contributed by atoms with Gasteiger partial charge < -0.3 is 14.6 Å². The van der Waals surface area contributed by atoms with Gasteiger partial charge in [-0.15, -0.1) is 0 Å². The van der Waals surface area contributed by atoms with E-state index in [0.717, 1.165) is 6.07 Å². The molecular weight excluding hydrogens is 435 g/mol. The molecule has 5 nitrogen and oxygen atoms in total. The number of halogens is 4. The lowest BCUT2D eigenvalue weighted by atomic mass is 9.90. The van der Waals surface area contributed by atoms with Crippen molar-refractivity contribution in [3.05, 3.63) is 58.1 Å². The fraction of sp³-hybridized carbons (Fsp3) is 0.409. The van der Waals surface area contributed by atoms with Crippen LogP contribution < -0.4 is 9.47 Å². The number of hydrogen-bond donors (Lipinski definition) is 1. The molecule has 0 saturated carbocycles. The van der Waals surface area contributed by atoms with Crippen molar-refractivity contribution in [2.24, 2.45) is 5.92 Å². The molecule has 0 radical (unpaired) electrons. The molecule has 168 valence electrons. The monoisotopic (exact) mass is 457 g/mol. The number of carboxylic acids is 1. The van der Waals surface area contributed by atoms with Crippen molar-refractivity contribution in [2.45, 2.75) is 25.1 Å². The number of benzene rings is 2. The predicted molar refractivity (Wildman–Crippen MR) is 110 cm³/mol. The molecule has 1 heterocycles. The first-order valence-electron chi connectivity index (χ1n) is 9.71. The number of methoxy groups -OCH3 is 2. The van der Waals surface area contributed by atoms with Gasteiger partial charge in [-0.25, -0.2) is 0 Å². The molecule has 1 aliphatic rings. The Morgan fingerprint density at radius 3 is 2.39 bits per heavy atom. The van der Waals surface area contributed by atoms with Gasteiger partial charge in [0, 0.05) is 5.56 Å². The third kappa shape index (κ3) is 4.91. The number of nitrogens with zero attached hydrogens (tertiary/aromatic N) is 1. The molecule has 1 unspecified atom stereocenters. The minimum Gasteiger partial charge on any atom is -0.493 e. The molecule has 1 saturated heterocycles. The molecule has 9 heteroatoms. The molecule has 1 aliphatic heterocycles. The van der Waals surface area contributed by atoms with Crippen LogP contribution in [0.15, 0.2) is 36.4 Å². The Balaban J connectivity index is 2.12. The number of rotatable bonds is 6. The van der Waals surface area contributed by atoms with Gasteiger partial charge >= 0.3 is 12.1 Å². The highest BCUT2D eigenvalue weighted by molar-refractivity contribution is 6.31. The van der Waals surface area contributed by atoms with E-state index in [1.54, 1.807) is 24.3 Å². The predicted octanol–water partition coefficient (Wildman–Crippen LogP) is 5.26. The minimum absolute atomic E-state index is 0.378. The van der Waals surface area contributed by atoms with E-state index in [9.17, 15) is 23.1 Å². The summed E-state index contributed by atoms with van der Waals surface area (Å²) in [5.41, 5.74) is 0.0991. The summed E-state index contributed by atoms with van der Waals surface area (Å²) in [7, 11) is 2.96. The van der Waals surface area contributed by atoms with Crippen molar-refractivity contribution in [3.8, 4) is 11.5 Å². The molecule has 0 amide bonds. The lowest BCUT2D eigenvalue weighted by Gasteiger charge is -2.38. The quantitative estimate of drug-likeness (QED) is 0.641. The van der Waals surface area contributed by atoms with Crippen molar-refractivity contribution >= 4 is 17.6 Å². The largest absolute Gasteiger partial charge is 0.493 e. The molecule has 1 N–H and O–H groups in total. The van der Waals surface area contributed by atoms with Gasteiger partial charge in [0.2, 0.25) is 0 Å². The van der Waals surface area contributed by atoms with Crippen LogP contribution in [0.25, 0.3) is 0 Å². The Morgan fingerprint density at radius 2 is 1.84 bits per heavy atom. The smallest absolute Gasteiger partial charge is 0.417 e. The SMILES string of the molecule is COc1cccc(C(c2ccc(Cl)c(C(F)(F)F)c2)N2CCC(C(=O)O)CC2)c1OC. The second-order valence-corrected chi connectivity index (χ2v) is 7.78. The standard InChI is InChI=1S/C22H23ClF3NO4/c1-30-18-5-3-4-15(20(18)31-2)19(27-10-8-13(9-11-27)21(28)29)14-6-7-17(23)16(12-14)22(24,25)26/h3-7,12-13,19H,8-11H2,1-2H3,(H,28,29). The summed E-state index contributed by atoms with van der Waals surface area (Å²) in [4.78, 5) is 13.3. The van der Waals surface area contributed by atoms with Gasteiger partial charge in [0.1, 0.15) is 0 Å². The van der Waals surface area contributed by atoms with Gasteiger partial charge in [-0.2, -0.15) is 13.2 Å². The first-order valence-corrected chi connectivity index (χ1v) is 10.1. The Kier molecular flexibility index (Phi) is 7.01. The first-order chi connectivity index (χ1) is 14.7. The number of aliphatic carboxylic acids is 1. The summed E-state index contributed by atoms with van der Waals surface area (Å²) >= 11 is 5.83. The number of alkyl halides is 3. The molecule has 1 atom stereocenters. The van der Waals surface area contributed by atoms with E-state index in [2.05, 4.69) is 0 Å². The molecule has 0 bridgehead atoms. The normalized spacial score (nSPS) is 16.7. The second-order valence-electron chi connectivity index (χ2n) is 7.37. The van der Waals surface area contributed by atoms with E-state index in [1.165, 1.54) is 20.3 Å². The maximum atomic E-state index is 13.5. The lowest BCUT2D eigenvalue weighted by molar-refractivity contribution is -0.143. The van der Waals surface area contributed by atoms with Gasteiger partial charge in [0.15, 0.2) is 11.5 Å². The summed E-state index contributed by atoms with van der Waals surface area (Å²) in [5.74, 6) is -0.463. The molecule has 0 spiro atoms. The summed E-state index contributed by atoms with van der Waals surface area (Å²) in [6.45, 7) is 0.817. The zero-order chi connectivity index (χ0) is 22.8. The van der Waals surface area contributed by atoms with Crippen molar-refractivity contribution in [1.82, 2.24) is 4.90 Å². The number of likely N-dealkylation sites (tertiary alicyclic amines) is 1. The van der Waals surface area contributed by atoms with Crippen molar-refractivity contribution in [3.63, 3.8) is 0 Å². The lowest BCUT2D eigenvalue weighted by Crippen LogP contribution is -2.39. The average molecular weight is 458 g/mol. The van der Waals surface area contributed by atoms with Crippen molar-refractivity contribution < 1.29 is 32.5 Å². The zero-order valence-electron chi connectivity index (χ0n) is 17.1. The van der Waals surface area contributed by atoms with Gasteiger partial charge in [0.05, 0.1) is 36.8 Å². The summed E-state index contributed by atoms with van der Waals surface area (Å²) in [5, 5.41) is 8.93. The molecule has 2 aromatic carbocycles. The highest BCUT2D eigenvalue weighted by atomic mass is 35.5. The highest BCUT2D eigenvalue weighted by Gasteiger charge is 2.36. The summed E-state index contributed by atoms with van der Waals surface area (Å²) in [6.07, 6.45) is -3.80. The second kappa shape index (κ2) is 9.36. The number of para-hydroxylation sites is 1. The number of ether oxygens (including phenoxy) is 2. The van der Waals surface area contributed by atoms with Crippen LogP contribution in [0.3, 0.4) is 0 Å². The number of piperidine rings is 1. The molecule has 0 aromatic heterocycles. The molecule has 3 rings (SSSR count). The van der Waals surface area contributed by atoms with Gasteiger partial charge in [0.25, 0.3) is 0 Å². The van der Waals surface area contributed by atoms with Gasteiger partial charge in [-0.3, -0.25) is 9.69 Å². The fourth-order valence-electron chi connectivity index (χ4n) is 4.05. The Bertz CT molecular complexity index is 943. The van der Waals surface area contributed by atoms with Crippen LogP contribution in [0.5, 0.6) is 11.5 Å². The molecule has 1 fully saturated rings. The Labute approximate surface area is 183 Å². The van der Waals surface area contributed by atoms with Gasteiger partial charge in [-0.05, 0) is 49.7 Å².